The van der Waals surface area contributed by atoms with Crippen molar-refractivity contribution in [2.24, 2.45) is 5.92 Å². The van der Waals surface area contributed by atoms with Gasteiger partial charge in [0.1, 0.15) is 5.75 Å². The lowest BCUT2D eigenvalue weighted by atomic mass is 9.77. The number of nitrogens with one attached hydrogen (secondary N) is 2. The van der Waals surface area contributed by atoms with Crippen LogP contribution in [0.15, 0.2) is 36.4 Å². The molecule has 0 spiro atoms. The van der Waals surface area contributed by atoms with E-state index in [9.17, 15) is 9.90 Å². The smallest absolute Gasteiger partial charge is 0.243 e. The number of fused-ring (bicyclic) bond motifs is 3. The summed E-state index contributed by atoms with van der Waals surface area (Å²) < 4.78 is 0. The van der Waals surface area contributed by atoms with Crippen molar-refractivity contribution in [3.63, 3.8) is 0 Å². The molecule has 5 rings (SSSR count). The number of phenols is 1. The molecule has 29 heavy (non-hydrogen) atoms. The maximum atomic E-state index is 11.3. The molecule has 1 saturated carbocycles. The van der Waals surface area contributed by atoms with Gasteiger partial charge >= 0.3 is 0 Å². The van der Waals surface area contributed by atoms with Crippen LogP contribution in [0.25, 0.3) is 17.3 Å². The fourth-order valence-electron chi connectivity index (χ4n) is 4.38. The maximum absolute atomic E-state index is 11.3. The Kier molecular flexibility index (Phi) is 5.49. The summed E-state index contributed by atoms with van der Waals surface area (Å²) in [5, 5.41) is 25.3. The number of anilines is 1. The number of rotatable bonds is 5. The van der Waals surface area contributed by atoms with E-state index in [-0.39, 0.29) is 11.7 Å². The average molecular weight is 393 g/mol. The predicted molar refractivity (Wildman–Crippen MR) is 114 cm³/mol. The molecule has 3 aliphatic rings. The number of phenolic OH excluding ortho intramolecular Hbond substituents is 1. The van der Waals surface area contributed by atoms with Crippen LogP contribution < -0.4 is 15.5 Å². The highest BCUT2D eigenvalue weighted by Gasteiger charge is 2.37. The van der Waals surface area contributed by atoms with Gasteiger partial charge in [0.15, 0.2) is 5.82 Å². The Balaban J connectivity index is 1.49. The molecule has 2 bridgehead atoms. The average Bonchev–Trinajstić information content (AvgIpc) is 2.78. The molecule has 3 heterocycles. The highest BCUT2D eigenvalue weighted by atomic mass is 16.3. The number of amides is 1. The lowest BCUT2D eigenvalue weighted by Gasteiger charge is -2.47. The number of carbonyl (C=O) groups excluding carboxylic acids is 1. The second-order valence-electron chi connectivity index (χ2n) is 7.86. The number of carbonyl (C=O) groups is 1. The maximum Gasteiger partial charge on any atom is 0.243 e. The van der Waals surface area contributed by atoms with Crippen LogP contribution in [0.5, 0.6) is 5.75 Å². The van der Waals surface area contributed by atoms with Gasteiger partial charge in [-0.3, -0.25) is 4.79 Å². The highest BCUT2D eigenvalue weighted by molar-refractivity contribution is 5.91. The van der Waals surface area contributed by atoms with Crippen LogP contribution in [-0.4, -0.2) is 53.9 Å². The second kappa shape index (κ2) is 8.21. The molecule has 152 valence electrons. The number of nitrogens with zero attached hydrogens (tertiary/aromatic N) is 3. The number of likely N-dealkylation sites (N-methyl/N-ethyl adjacent to an activating group) is 1. The molecule has 3 N–H and O–H groups in total. The Hall–Kier alpha value is -2.93. The van der Waals surface area contributed by atoms with Crippen molar-refractivity contribution in [2.75, 3.05) is 25.5 Å². The van der Waals surface area contributed by atoms with Crippen LogP contribution in [0.2, 0.25) is 0 Å². The standard InChI is InChI=1S/C22H27N5O2/c1-23-22(29)10-4-14-3-7-17(20(28)11-14)18-8-9-21(26-25-18)27(2)19-12-16-6-5-15(19)13-24-16/h3-4,7-11,15-16,19,24,28H,5-6,12-13H2,1-2H3,(H,23,29)/b10-4+/t15-,16-,19-/m1/s1. The monoisotopic (exact) mass is 393 g/mol. The molecule has 1 aromatic heterocycles. The van der Waals surface area contributed by atoms with Crippen molar-refractivity contribution in [3.05, 3.63) is 42.0 Å². The van der Waals surface area contributed by atoms with E-state index in [1.807, 2.05) is 18.2 Å². The molecule has 1 aliphatic carbocycles. The minimum absolute atomic E-state index is 0.107. The van der Waals surface area contributed by atoms with Crippen molar-refractivity contribution >= 4 is 17.8 Å². The molecule has 1 amide bonds. The molecular weight excluding hydrogens is 366 g/mol. The number of benzene rings is 1. The van der Waals surface area contributed by atoms with Gasteiger partial charge in [0.2, 0.25) is 5.91 Å². The summed E-state index contributed by atoms with van der Waals surface area (Å²) in [5.74, 6) is 1.43. The Bertz CT molecular complexity index is 904. The van der Waals surface area contributed by atoms with Gasteiger partial charge in [-0.1, -0.05) is 6.07 Å². The summed E-state index contributed by atoms with van der Waals surface area (Å²) in [6, 6.07) is 10.2. The van der Waals surface area contributed by atoms with Crippen molar-refractivity contribution in [1.29, 1.82) is 0 Å². The van der Waals surface area contributed by atoms with E-state index < -0.39 is 0 Å². The molecule has 0 radical (unpaired) electrons. The van der Waals surface area contributed by atoms with Gasteiger partial charge in [-0.25, -0.2) is 0 Å². The Morgan fingerprint density at radius 1 is 1.28 bits per heavy atom. The van der Waals surface area contributed by atoms with Crippen LogP contribution in [0.4, 0.5) is 5.82 Å². The number of hydrogen-bond acceptors (Lipinski definition) is 6. The Morgan fingerprint density at radius 2 is 2.14 bits per heavy atom. The number of hydrogen-bond donors (Lipinski definition) is 3. The normalized spacial score (nSPS) is 23.3. The molecule has 7 nitrogen and oxygen atoms in total. The number of aromatic nitrogens is 2. The lowest BCUT2D eigenvalue weighted by Crippen LogP contribution is -2.56. The van der Waals surface area contributed by atoms with Crippen LogP contribution in [0.3, 0.4) is 0 Å². The first-order valence-corrected chi connectivity index (χ1v) is 10.1. The van der Waals surface area contributed by atoms with E-state index in [0.29, 0.717) is 29.3 Å². The van der Waals surface area contributed by atoms with Crippen molar-refractivity contribution < 1.29 is 9.90 Å². The van der Waals surface area contributed by atoms with E-state index in [2.05, 4.69) is 32.8 Å². The first kappa shape index (κ1) is 19.4. The summed E-state index contributed by atoms with van der Waals surface area (Å²) >= 11 is 0. The van der Waals surface area contributed by atoms with Gasteiger partial charge in [-0.05, 0) is 61.1 Å². The van der Waals surface area contributed by atoms with Gasteiger partial charge in [0.05, 0.1) is 5.69 Å². The van der Waals surface area contributed by atoms with E-state index in [4.69, 9.17) is 0 Å². The first-order chi connectivity index (χ1) is 14.0. The van der Waals surface area contributed by atoms with Gasteiger partial charge in [-0.2, -0.15) is 0 Å². The van der Waals surface area contributed by atoms with Crippen LogP contribution in [0.1, 0.15) is 24.8 Å². The first-order valence-electron chi connectivity index (χ1n) is 10.1. The van der Waals surface area contributed by atoms with Crippen LogP contribution >= 0.6 is 0 Å². The molecular formula is C22H27N5O2. The lowest BCUT2D eigenvalue weighted by molar-refractivity contribution is -0.115. The van der Waals surface area contributed by atoms with Crippen molar-refractivity contribution in [2.45, 2.75) is 31.3 Å². The second-order valence-corrected chi connectivity index (χ2v) is 7.86. The molecule has 0 unspecified atom stereocenters. The highest BCUT2D eigenvalue weighted by Crippen LogP contribution is 2.34. The predicted octanol–water partition coefficient (Wildman–Crippen LogP) is 2.19. The van der Waals surface area contributed by atoms with Crippen LogP contribution in [-0.2, 0) is 4.79 Å². The van der Waals surface area contributed by atoms with Gasteiger partial charge in [0, 0.05) is 44.4 Å². The molecule has 2 aliphatic heterocycles. The minimum Gasteiger partial charge on any atom is -0.507 e. The van der Waals surface area contributed by atoms with Crippen LogP contribution in [0, 0.1) is 5.92 Å². The zero-order valence-electron chi connectivity index (χ0n) is 16.8. The van der Waals surface area contributed by atoms with E-state index >= 15 is 0 Å². The zero-order chi connectivity index (χ0) is 20.4. The van der Waals surface area contributed by atoms with Gasteiger partial charge < -0.3 is 20.6 Å². The molecule has 2 aromatic rings. The minimum atomic E-state index is -0.193. The van der Waals surface area contributed by atoms with E-state index in [0.717, 1.165) is 24.3 Å². The topological polar surface area (TPSA) is 90.4 Å². The quantitative estimate of drug-likeness (QED) is 0.675. The number of piperidine rings is 2. The summed E-state index contributed by atoms with van der Waals surface area (Å²) in [5.41, 5.74) is 1.97. The van der Waals surface area contributed by atoms with Crippen molar-refractivity contribution in [3.8, 4) is 17.0 Å². The summed E-state index contributed by atoms with van der Waals surface area (Å²) in [4.78, 5) is 13.6. The Labute approximate surface area is 170 Å². The van der Waals surface area contributed by atoms with E-state index in [1.54, 1.807) is 25.3 Å². The SMILES string of the molecule is CNC(=O)/C=C/c1ccc(-c2ccc(N(C)[C@@H]3C[C@H]4CC[C@@H]3CN4)nn2)c(O)c1. The fourth-order valence-corrected chi connectivity index (χ4v) is 4.38. The molecule has 3 atom stereocenters. The molecule has 7 heteroatoms. The molecule has 1 aromatic carbocycles. The van der Waals surface area contributed by atoms with E-state index in [1.165, 1.54) is 18.9 Å². The third kappa shape index (κ3) is 4.10. The summed E-state index contributed by atoms with van der Waals surface area (Å²) in [6.45, 7) is 1.08. The van der Waals surface area contributed by atoms with Gasteiger partial charge in [-0.15, -0.1) is 10.2 Å². The van der Waals surface area contributed by atoms with Gasteiger partial charge in [0.25, 0.3) is 0 Å². The third-order valence-electron chi connectivity index (χ3n) is 6.11. The largest absolute Gasteiger partial charge is 0.507 e. The Morgan fingerprint density at radius 3 is 2.72 bits per heavy atom. The summed E-state index contributed by atoms with van der Waals surface area (Å²) in [6.07, 6.45) is 6.77. The third-order valence-corrected chi connectivity index (χ3v) is 6.11. The van der Waals surface area contributed by atoms with Crippen molar-refractivity contribution in [1.82, 2.24) is 20.8 Å². The zero-order valence-corrected chi connectivity index (χ0v) is 16.8. The fraction of sp³-hybridized carbons (Fsp3) is 0.409. The number of aromatic hydroxyl groups is 1. The molecule has 3 fully saturated rings. The summed E-state index contributed by atoms with van der Waals surface area (Å²) in [7, 11) is 3.67. The molecule has 2 saturated heterocycles.